The molecule has 0 spiro atoms. The zero-order valence-electron chi connectivity index (χ0n) is 10.9. The van der Waals surface area contributed by atoms with Gasteiger partial charge < -0.3 is 15.8 Å². The smallest absolute Gasteiger partial charge is 0.273 e. The number of carbonyl (C=O) groups excluding carboxylic acids is 1. The topological polar surface area (TPSA) is 107 Å². The maximum Gasteiger partial charge on any atom is 0.273 e. The lowest BCUT2D eigenvalue weighted by Crippen LogP contribution is -2.40. The van der Waals surface area contributed by atoms with E-state index in [1.165, 1.54) is 12.1 Å². The summed E-state index contributed by atoms with van der Waals surface area (Å²) in [5.41, 5.74) is 5.94. The molecule has 0 bridgehead atoms. The van der Waals surface area contributed by atoms with Crippen LogP contribution in [0.2, 0.25) is 0 Å². The Morgan fingerprint density at radius 2 is 2.26 bits per heavy atom. The number of nitro benzene ring substituents is 1. The molecule has 7 nitrogen and oxygen atoms in total. The van der Waals surface area contributed by atoms with Crippen LogP contribution in [0.15, 0.2) is 18.2 Å². The standard InChI is InChI=1S/C12H17N3O4/c1-8-3-4-9(15(17)18)7-11(8)19-6-5-10(14-2)12(13)16/h3-4,7,10,14H,5-6H2,1-2H3,(H2,13,16). The van der Waals surface area contributed by atoms with Gasteiger partial charge in [0.1, 0.15) is 5.75 Å². The summed E-state index contributed by atoms with van der Waals surface area (Å²) >= 11 is 0. The molecule has 0 saturated heterocycles. The molecule has 3 N–H and O–H groups in total. The van der Waals surface area contributed by atoms with Crippen molar-refractivity contribution in [1.29, 1.82) is 0 Å². The molecule has 7 heteroatoms. The van der Waals surface area contributed by atoms with Crippen LogP contribution in [0.3, 0.4) is 0 Å². The van der Waals surface area contributed by atoms with Gasteiger partial charge in [0.05, 0.1) is 23.6 Å². The number of ether oxygens (including phenoxy) is 1. The van der Waals surface area contributed by atoms with Crippen LogP contribution < -0.4 is 15.8 Å². The molecule has 1 aromatic carbocycles. The Labute approximate surface area is 110 Å². The number of non-ortho nitro benzene ring substituents is 1. The van der Waals surface area contributed by atoms with Gasteiger partial charge in [-0.15, -0.1) is 0 Å². The van der Waals surface area contributed by atoms with Crippen LogP contribution in [0.25, 0.3) is 0 Å². The van der Waals surface area contributed by atoms with Crippen LogP contribution in [0.5, 0.6) is 5.75 Å². The number of benzene rings is 1. The Kier molecular flexibility index (Phi) is 5.25. The molecule has 0 saturated carbocycles. The quantitative estimate of drug-likeness (QED) is 0.559. The summed E-state index contributed by atoms with van der Waals surface area (Å²) in [7, 11) is 1.63. The summed E-state index contributed by atoms with van der Waals surface area (Å²) < 4.78 is 5.46. The molecule has 1 aromatic rings. The molecule has 0 aliphatic rings. The zero-order valence-corrected chi connectivity index (χ0v) is 10.9. The number of nitrogens with zero attached hydrogens (tertiary/aromatic N) is 1. The van der Waals surface area contributed by atoms with E-state index in [2.05, 4.69) is 5.32 Å². The van der Waals surface area contributed by atoms with Crippen LogP contribution >= 0.6 is 0 Å². The fraction of sp³-hybridized carbons (Fsp3) is 0.417. The van der Waals surface area contributed by atoms with E-state index in [1.807, 2.05) is 0 Å². The number of nitrogens with one attached hydrogen (secondary N) is 1. The minimum absolute atomic E-state index is 0.0272. The summed E-state index contributed by atoms with van der Waals surface area (Å²) in [6.07, 6.45) is 0.397. The van der Waals surface area contributed by atoms with Gasteiger partial charge in [0.25, 0.3) is 5.69 Å². The number of primary amides is 1. The van der Waals surface area contributed by atoms with Crippen molar-refractivity contribution in [2.24, 2.45) is 5.73 Å². The summed E-state index contributed by atoms with van der Waals surface area (Å²) in [4.78, 5) is 21.2. The van der Waals surface area contributed by atoms with Crippen molar-refractivity contribution in [1.82, 2.24) is 5.32 Å². The number of hydrogen-bond donors (Lipinski definition) is 2. The molecule has 1 unspecified atom stereocenters. The van der Waals surface area contributed by atoms with Crippen molar-refractivity contribution < 1.29 is 14.5 Å². The second-order valence-electron chi connectivity index (χ2n) is 4.09. The highest BCUT2D eigenvalue weighted by atomic mass is 16.6. The van der Waals surface area contributed by atoms with E-state index in [-0.39, 0.29) is 12.3 Å². The van der Waals surface area contributed by atoms with Crippen LogP contribution in [0.4, 0.5) is 5.69 Å². The SMILES string of the molecule is CNC(CCOc1cc([N+](=O)[O-])ccc1C)C(N)=O. The van der Waals surface area contributed by atoms with Gasteiger partial charge in [-0.2, -0.15) is 0 Å². The molecule has 1 rings (SSSR count). The number of hydrogen-bond acceptors (Lipinski definition) is 5. The molecular formula is C12H17N3O4. The predicted octanol–water partition coefficient (Wildman–Crippen LogP) is 0.745. The third-order valence-corrected chi connectivity index (χ3v) is 2.74. The summed E-state index contributed by atoms with van der Waals surface area (Å²) in [6.45, 7) is 2.04. The molecule has 0 heterocycles. The largest absolute Gasteiger partial charge is 0.493 e. The molecule has 104 valence electrons. The maximum absolute atomic E-state index is 11.0. The first-order chi connectivity index (χ1) is 8.95. The van der Waals surface area contributed by atoms with E-state index in [1.54, 1.807) is 20.0 Å². The molecule has 1 amide bonds. The highest BCUT2D eigenvalue weighted by Crippen LogP contribution is 2.24. The number of nitrogens with two attached hydrogens (primary N) is 1. The second kappa shape index (κ2) is 6.69. The molecular weight excluding hydrogens is 250 g/mol. The Balaban J connectivity index is 2.64. The van der Waals surface area contributed by atoms with Gasteiger partial charge in [-0.25, -0.2) is 0 Å². The fourth-order valence-corrected chi connectivity index (χ4v) is 1.57. The zero-order chi connectivity index (χ0) is 14.4. The van der Waals surface area contributed by atoms with Gasteiger partial charge >= 0.3 is 0 Å². The molecule has 19 heavy (non-hydrogen) atoms. The average molecular weight is 267 g/mol. The first-order valence-electron chi connectivity index (χ1n) is 5.80. The second-order valence-corrected chi connectivity index (χ2v) is 4.09. The van der Waals surface area contributed by atoms with Crippen molar-refractivity contribution >= 4 is 11.6 Å². The van der Waals surface area contributed by atoms with Crippen molar-refractivity contribution in [2.75, 3.05) is 13.7 Å². The molecule has 0 fully saturated rings. The fourth-order valence-electron chi connectivity index (χ4n) is 1.57. The summed E-state index contributed by atoms with van der Waals surface area (Å²) in [6, 6.07) is 3.94. The van der Waals surface area contributed by atoms with Crippen LogP contribution in [-0.2, 0) is 4.79 Å². The molecule has 0 radical (unpaired) electrons. The lowest BCUT2D eigenvalue weighted by molar-refractivity contribution is -0.384. The number of rotatable bonds is 7. The first-order valence-corrected chi connectivity index (χ1v) is 5.80. The van der Waals surface area contributed by atoms with Crippen molar-refractivity contribution in [3.8, 4) is 5.75 Å². The van der Waals surface area contributed by atoms with Gasteiger partial charge in [-0.1, -0.05) is 0 Å². The lowest BCUT2D eigenvalue weighted by Gasteiger charge is -2.13. The minimum atomic E-state index is -0.480. The first kappa shape index (κ1) is 14.9. The van der Waals surface area contributed by atoms with E-state index >= 15 is 0 Å². The highest BCUT2D eigenvalue weighted by molar-refractivity contribution is 5.79. The third-order valence-electron chi connectivity index (χ3n) is 2.74. The van der Waals surface area contributed by atoms with Gasteiger partial charge in [-0.3, -0.25) is 14.9 Å². The number of nitro groups is 1. The van der Waals surface area contributed by atoms with E-state index in [9.17, 15) is 14.9 Å². The Morgan fingerprint density at radius 1 is 1.58 bits per heavy atom. The molecule has 0 aromatic heterocycles. The van der Waals surface area contributed by atoms with Crippen molar-refractivity contribution in [3.63, 3.8) is 0 Å². The van der Waals surface area contributed by atoms with Gasteiger partial charge in [0, 0.05) is 12.5 Å². The molecule has 0 aliphatic heterocycles. The van der Waals surface area contributed by atoms with Crippen molar-refractivity contribution in [2.45, 2.75) is 19.4 Å². The minimum Gasteiger partial charge on any atom is -0.493 e. The van der Waals surface area contributed by atoms with Crippen LogP contribution in [0.1, 0.15) is 12.0 Å². The van der Waals surface area contributed by atoms with Crippen LogP contribution in [0, 0.1) is 17.0 Å². The Hall–Kier alpha value is -2.15. The number of likely N-dealkylation sites (N-methyl/N-ethyl adjacent to an activating group) is 1. The van der Waals surface area contributed by atoms with Gasteiger partial charge in [0.2, 0.25) is 5.91 Å². The van der Waals surface area contributed by atoms with E-state index in [4.69, 9.17) is 10.5 Å². The third kappa shape index (κ3) is 4.22. The average Bonchev–Trinajstić information content (AvgIpc) is 2.35. The number of aryl methyl sites for hydroxylation is 1. The lowest BCUT2D eigenvalue weighted by atomic mass is 10.2. The number of amides is 1. The number of carbonyl (C=O) groups is 1. The highest BCUT2D eigenvalue weighted by Gasteiger charge is 2.14. The van der Waals surface area contributed by atoms with E-state index < -0.39 is 16.9 Å². The molecule has 1 atom stereocenters. The summed E-state index contributed by atoms with van der Waals surface area (Å²) in [5, 5.41) is 13.4. The Bertz CT molecular complexity index is 476. The molecule has 0 aliphatic carbocycles. The van der Waals surface area contributed by atoms with E-state index in [0.29, 0.717) is 12.2 Å². The van der Waals surface area contributed by atoms with Gasteiger partial charge in [-0.05, 0) is 25.6 Å². The van der Waals surface area contributed by atoms with Gasteiger partial charge in [0.15, 0.2) is 0 Å². The van der Waals surface area contributed by atoms with E-state index in [0.717, 1.165) is 5.56 Å². The van der Waals surface area contributed by atoms with Crippen LogP contribution in [-0.4, -0.2) is 30.5 Å². The summed E-state index contributed by atoms with van der Waals surface area (Å²) in [5.74, 6) is -0.0182. The van der Waals surface area contributed by atoms with Crippen molar-refractivity contribution in [3.05, 3.63) is 33.9 Å². The Morgan fingerprint density at radius 3 is 2.79 bits per heavy atom. The monoisotopic (exact) mass is 267 g/mol. The maximum atomic E-state index is 11.0. The normalized spacial score (nSPS) is 11.9. The predicted molar refractivity (Wildman–Crippen MR) is 70.0 cm³/mol.